The largest absolute Gasteiger partial charge is 0.311 e. The van der Waals surface area contributed by atoms with Gasteiger partial charge in [-0.25, -0.2) is 0 Å². The Hall–Kier alpha value is -0.860. The SMILES string of the molecule is c1ccc2c(c1)CC2CN1CCNC(C2CC2)C1. The molecule has 1 aliphatic heterocycles. The lowest BCUT2D eigenvalue weighted by Crippen LogP contribution is -2.53. The minimum atomic E-state index is 0.786. The van der Waals surface area contributed by atoms with Gasteiger partial charge in [0.2, 0.25) is 0 Å². The van der Waals surface area contributed by atoms with E-state index in [1.54, 1.807) is 11.1 Å². The zero-order chi connectivity index (χ0) is 11.9. The van der Waals surface area contributed by atoms with Crippen molar-refractivity contribution in [1.82, 2.24) is 10.2 Å². The first-order valence-electron chi connectivity index (χ1n) is 7.44. The van der Waals surface area contributed by atoms with Gasteiger partial charge in [0.1, 0.15) is 0 Å². The molecule has 0 radical (unpaired) electrons. The Morgan fingerprint density at radius 1 is 1.22 bits per heavy atom. The number of nitrogens with one attached hydrogen (secondary N) is 1. The molecule has 2 atom stereocenters. The fourth-order valence-electron chi connectivity index (χ4n) is 3.66. The van der Waals surface area contributed by atoms with Gasteiger partial charge < -0.3 is 5.32 Å². The van der Waals surface area contributed by atoms with Gasteiger partial charge in [0.15, 0.2) is 0 Å². The highest BCUT2D eigenvalue weighted by Crippen LogP contribution is 2.37. The van der Waals surface area contributed by atoms with Gasteiger partial charge in [-0.2, -0.15) is 0 Å². The summed E-state index contributed by atoms with van der Waals surface area (Å²) in [6.45, 7) is 4.99. The van der Waals surface area contributed by atoms with Crippen LogP contribution >= 0.6 is 0 Å². The van der Waals surface area contributed by atoms with E-state index in [-0.39, 0.29) is 0 Å². The van der Waals surface area contributed by atoms with Crippen LogP contribution in [0.1, 0.15) is 29.9 Å². The number of hydrogen-bond acceptors (Lipinski definition) is 2. The van der Waals surface area contributed by atoms with Crippen molar-refractivity contribution < 1.29 is 0 Å². The maximum absolute atomic E-state index is 3.70. The van der Waals surface area contributed by atoms with Crippen LogP contribution in [0.4, 0.5) is 0 Å². The third kappa shape index (κ3) is 1.98. The normalized spacial score (nSPS) is 31.8. The molecule has 3 aliphatic rings. The Kier molecular flexibility index (Phi) is 2.66. The highest BCUT2D eigenvalue weighted by Gasteiger charge is 2.35. The first-order chi connectivity index (χ1) is 8.90. The second-order valence-corrected chi connectivity index (χ2v) is 6.26. The number of piperazine rings is 1. The van der Waals surface area contributed by atoms with Gasteiger partial charge in [0.05, 0.1) is 0 Å². The van der Waals surface area contributed by atoms with E-state index in [0.717, 1.165) is 17.9 Å². The van der Waals surface area contributed by atoms with Crippen LogP contribution < -0.4 is 5.32 Å². The predicted octanol–water partition coefficient (Wildman–Crippen LogP) is 2.01. The Bertz CT molecular complexity index is 438. The summed E-state index contributed by atoms with van der Waals surface area (Å²) in [4.78, 5) is 2.69. The number of benzene rings is 1. The molecule has 1 aromatic carbocycles. The van der Waals surface area contributed by atoms with Gasteiger partial charge in [-0.05, 0) is 36.3 Å². The molecule has 2 unspecified atom stereocenters. The molecule has 1 saturated carbocycles. The molecule has 0 aromatic heterocycles. The molecule has 2 fully saturated rings. The lowest BCUT2D eigenvalue weighted by molar-refractivity contribution is 0.174. The van der Waals surface area contributed by atoms with E-state index >= 15 is 0 Å². The second kappa shape index (κ2) is 4.36. The smallest absolute Gasteiger partial charge is 0.0223 e. The Morgan fingerprint density at radius 2 is 2.11 bits per heavy atom. The minimum Gasteiger partial charge on any atom is -0.311 e. The van der Waals surface area contributed by atoms with Crippen LogP contribution in [-0.2, 0) is 6.42 Å². The third-order valence-corrected chi connectivity index (χ3v) is 4.92. The summed E-state index contributed by atoms with van der Waals surface area (Å²) in [5, 5.41) is 3.70. The van der Waals surface area contributed by atoms with Crippen molar-refractivity contribution in [2.75, 3.05) is 26.2 Å². The van der Waals surface area contributed by atoms with Crippen LogP contribution in [0.15, 0.2) is 24.3 Å². The van der Waals surface area contributed by atoms with E-state index < -0.39 is 0 Å². The van der Waals surface area contributed by atoms with Crippen molar-refractivity contribution in [2.45, 2.75) is 31.2 Å². The quantitative estimate of drug-likeness (QED) is 0.872. The highest BCUT2D eigenvalue weighted by molar-refractivity contribution is 5.40. The third-order valence-electron chi connectivity index (χ3n) is 4.92. The summed E-state index contributed by atoms with van der Waals surface area (Å²) in [7, 11) is 0. The Balaban J connectivity index is 1.38. The molecule has 0 spiro atoms. The monoisotopic (exact) mass is 242 g/mol. The van der Waals surface area contributed by atoms with Crippen LogP contribution in [0.25, 0.3) is 0 Å². The minimum absolute atomic E-state index is 0.786. The second-order valence-electron chi connectivity index (χ2n) is 6.26. The predicted molar refractivity (Wildman–Crippen MR) is 73.8 cm³/mol. The first-order valence-corrected chi connectivity index (χ1v) is 7.44. The molecule has 2 aliphatic carbocycles. The van der Waals surface area contributed by atoms with Gasteiger partial charge in [-0.1, -0.05) is 24.3 Å². The van der Waals surface area contributed by atoms with Crippen molar-refractivity contribution in [2.24, 2.45) is 5.92 Å². The molecular formula is C16H22N2. The maximum atomic E-state index is 3.70. The molecule has 96 valence electrons. The number of rotatable bonds is 3. The van der Waals surface area contributed by atoms with Crippen LogP contribution in [-0.4, -0.2) is 37.1 Å². The molecule has 1 saturated heterocycles. The molecule has 18 heavy (non-hydrogen) atoms. The molecule has 1 N–H and O–H groups in total. The van der Waals surface area contributed by atoms with Crippen LogP contribution in [0.3, 0.4) is 0 Å². The van der Waals surface area contributed by atoms with Crippen LogP contribution in [0.5, 0.6) is 0 Å². The van der Waals surface area contributed by atoms with Crippen LogP contribution in [0.2, 0.25) is 0 Å². The standard InChI is InChI=1S/C16H22N2/c1-2-4-15-13(3-1)9-14(15)10-18-8-7-17-16(11-18)12-5-6-12/h1-4,12,14,16-17H,5-11H2. The van der Waals surface area contributed by atoms with E-state index in [1.165, 1.54) is 45.4 Å². The lowest BCUT2D eigenvalue weighted by atomic mass is 9.77. The molecule has 1 aromatic rings. The van der Waals surface area contributed by atoms with E-state index in [2.05, 4.69) is 34.5 Å². The van der Waals surface area contributed by atoms with Crippen molar-refractivity contribution in [3.8, 4) is 0 Å². The molecule has 2 nitrogen and oxygen atoms in total. The van der Waals surface area contributed by atoms with E-state index in [4.69, 9.17) is 0 Å². The lowest BCUT2D eigenvalue weighted by Gasteiger charge is -2.39. The summed E-state index contributed by atoms with van der Waals surface area (Å²) in [6, 6.07) is 9.76. The first kappa shape index (κ1) is 11.0. The van der Waals surface area contributed by atoms with Gasteiger partial charge in [-0.3, -0.25) is 4.90 Å². The number of hydrogen-bond donors (Lipinski definition) is 1. The fourth-order valence-corrected chi connectivity index (χ4v) is 3.66. The van der Waals surface area contributed by atoms with E-state index in [9.17, 15) is 0 Å². The number of nitrogens with zero attached hydrogens (tertiary/aromatic N) is 1. The van der Waals surface area contributed by atoms with Gasteiger partial charge in [0, 0.05) is 38.1 Å². The summed E-state index contributed by atoms with van der Waals surface area (Å²) < 4.78 is 0. The highest BCUT2D eigenvalue weighted by atomic mass is 15.2. The topological polar surface area (TPSA) is 15.3 Å². The molecular weight excluding hydrogens is 220 g/mol. The zero-order valence-electron chi connectivity index (χ0n) is 10.9. The Labute approximate surface area is 109 Å². The van der Waals surface area contributed by atoms with Crippen LogP contribution in [0, 0.1) is 5.92 Å². The van der Waals surface area contributed by atoms with Crippen molar-refractivity contribution >= 4 is 0 Å². The van der Waals surface area contributed by atoms with Gasteiger partial charge >= 0.3 is 0 Å². The molecule has 4 rings (SSSR count). The zero-order valence-corrected chi connectivity index (χ0v) is 10.9. The fraction of sp³-hybridized carbons (Fsp3) is 0.625. The van der Waals surface area contributed by atoms with Gasteiger partial charge in [0.25, 0.3) is 0 Å². The molecule has 0 amide bonds. The van der Waals surface area contributed by atoms with Crippen molar-refractivity contribution in [1.29, 1.82) is 0 Å². The Morgan fingerprint density at radius 3 is 2.94 bits per heavy atom. The maximum Gasteiger partial charge on any atom is 0.0223 e. The summed E-state index contributed by atoms with van der Waals surface area (Å²) in [5.41, 5.74) is 3.19. The molecule has 2 heteroatoms. The van der Waals surface area contributed by atoms with Crippen molar-refractivity contribution in [3.63, 3.8) is 0 Å². The van der Waals surface area contributed by atoms with Gasteiger partial charge in [-0.15, -0.1) is 0 Å². The van der Waals surface area contributed by atoms with E-state index in [1.807, 2.05) is 0 Å². The summed E-state index contributed by atoms with van der Waals surface area (Å²) >= 11 is 0. The summed E-state index contributed by atoms with van der Waals surface area (Å²) in [5.74, 6) is 1.79. The molecule has 0 bridgehead atoms. The summed E-state index contributed by atoms with van der Waals surface area (Å²) in [6.07, 6.45) is 4.21. The molecule has 1 heterocycles. The average Bonchev–Trinajstić information content (AvgIpc) is 3.21. The number of fused-ring (bicyclic) bond motifs is 1. The average molecular weight is 242 g/mol. The van der Waals surface area contributed by atoms with Crippen molar-refractivity contribution in [3.05, 3.63) is 35.4 Å². The van der Waals surface area contributed by atoms with E-state index in [0.29, 0.717) is 0 Å².